The summed E-state index contributed by atoms with van der Waals surface area (Å²) in [5.41, 5.74) is 1.41. The van der Waals surface area contributed by atoms with Crippen LogP contribution in [0.5, 0.6) is 11.5 Å². The third-order valence-corrected chi connectivity index (χ3v) is 9.02. The molecule has 3 aromatic carbocycles. The number of aliphatic hydroxyl groups excluding tert-OH is 1. The number of aromatic nitrogens is 2. The monoisotopic (exact) mass is 633 g/mol. The number of Topliss-reactive ketones (excluding diaryl/α,β-unsaturated/α-hetero) is 1. The molecular formula is C33H32FN3O5S2. The number of halogens is 1. The number of hydrogen-bond donors (Lipinski definition) is 1. The van der Waals surface area contributed by atoms with E-state index in [4.69, 9.17) is 9.47 Å². The maximum atomic E-state index is 14.1. The molecule has 228 valence electrons. The van der Waals surface area contributed by atoms with Crippen molar-refractivity contribution in [1.82, 2.24) is 10.2 Å². The van der Waals surface area contributed by atoms with E-state index in [1.165, 1.54) is 22.7 Å². The molecule has 8 nitrogen and oxygen atoms in total. The summed E-state index contributed by atoms with van der Waals surface area (Å²) in [6.45, 7) is 5.22. The Bertz CT molecular complexity index is 1640. The zero-order valence-electron chi connectivity index (χ0n) is 24.4. The molecule has 0 radical (unpaired) electrons. The van der Waals surface area contributed by atoms with Gasteiger partial charge in [0.25, 0.3) is 5.78 Å². The quantitative estimate of drug-likeness (QED) is 0.0402. The van der Waals surface area contributed by atoms with Crippen molar-refractivity contribution >= 4 is 45.7 Å². The first kappa shape index (κ1) is 31.2. The fourth-order valence-corrected chi connectivity index (χ4v) is 6.48. The molecule has 2 heterocycles. The molecule has 4 aromatic rings. The van der Waals surface area contributed by atoms with Crippen LogP contribution in [0.25, 0.3) is 5.76 Å². The van der Waals surface area contributed by atoms with Crippen molar-refractivity contribution in [2.24, 2.45) is 0 Å². The SMILES string of the molecule is CCCCOc1ccc(C(O)=C2C(=O)C(=O)N(c3nnc(SCc4ccccc4F)s3)[C@H]2c2ccc(OCCC)cc2)cc1. The Hall–Kier alpha value is -4.22. The standard InChI is InChI=1S/C33H32FN3O5S2/c1-3-5-19-42-25-16-12-22(13-17-25)29(38)27-28(21-10-14-24(15-11-21)41-18-4-2)37(31(40)30(27)39)32-35-36-33(44-32)43-20-23-8-6-7-9-26(23)34/h6-17,28,38H,3-5,18-20H2,1-2H3/t28-/m0/s1. The largest absolute Gasteiger partial charge is 0.507 e. The highest BCUT2D eigenvalue weighted by Gasteiger charge is 2.48. The van der Waals surface area contributed by atoms with Crippen LogP contribution in [0.2, 0.25) is 0 Å². The van der Waals surface area contributed by atoms with Gasteiger partial charge in [-0.25, -0.2) is 4.39 Å². The number of rotatable bonds is 13. The molecule has 0 saturated carbocycles. The zero-order valence-corrected chi connectivity index (χ0v) is 26.0. The van der Waals surface area contributed by atoms with Crippen LogP contribution in [0.3, 0.4) is 0 Å². The van der Waals surface area contributed by atoms with Gasteiger partial charge in [0.05, 0.1) is 24.8 Å². The third kappa shape index (κ3) is 6.95. The van der Waals surface area contributed by atoms with E-state index >= 15 is 0 Å². The van der Waals surface area contributed by atoms with Crippen molar-refractivity contribution < 1.29 is 28.6 Å². The first-order valence-electron chi connectivity index (χ1n) is 14.4. The summed E-state index contributed by atoms with van der Waals surface area (Å²) in [6.07, 6.45) is 2.77. The molecule has 11 heteroatoms. The van der Waals surface area contributed by atoms with Crippen molar-refractivity contribution in [1.29, 1.82) is 0 Å². The zero-order chi connectivity index (χ0) is 31.1. The Balaban J connectivity index is 1.49. The van der Waals surface area contributed by atoms with Gasteiger partial charge in [-0.1, -0.05) is 73.7 Å². The second-order valence-corrected chi connectivity index (χ2v) is 12.2. The molecule has 5 rings (SSSR count). The number of benzene rings is 3. The minimum atomic E-state index is -0.965. The van der Waals surface area contributed by atoms with Crippen molar-refractivity contribution in [2.75, 3.05) is 18.1 Å². The number of ether oxygens (including phenoxy) is 2. The number of aliphatic hydroxyl groups is 1. The molecule has 0 bridgehead atoms. The maximum Gasteiger partial charge on any atom is 0.301 e. The van der Waals surface area contributed by atoms with Crippen molar-refractivity contribution in [2.45, 2.75) is 49.2 Å². The molecule has 0 unspecified atom stereocenters. The maximum absolute atomic E-state index is 14.1. The molecule has 0 aliphatic carbocycles. The van der Waals surface area contributed by atoms with Crippen LogP contribution in [0.1, 0.15) is 55.8 Å². The Morgan fingerprint density at radius 3 is 2.30 bits per heavy atom. The summed E-state index contributed by atoms with van der Waals surface area (Å²) >= 11 is 2.40. The molecular weight excluding hydrogens is 602 g/mol. The van der Waals surface area contributed by atoms with E-state index in [1.54, 1.807) is 66.7 Å². The van der Waals surface area contributed by atoms with Crippen LogP contribution < -0.4 is 14.4 Å². The number of hydrogen-bond acceptors (Lipinski definition) is 9. The molecule has 1 saturated heterocycles. The average Bonchev–Trinajstić information content (AvgIpc) is 3.61. The van der Waals surface area contributed by atoms with Crippen molar-refractivity contribution in [3.63, 3.8) is 0 Å². The Morgan fingerprint density at radius 1 is 0.932 bits per heavy atom. The van der Waals surface area contributed by atoms with E-state index < -0.39 is 17.7 Å². The number of carbonyl (C=O) groups is 2. The van der Waals surface area contributed by atoms with Gasteiger partial charge in [-0.05, 0) is 66.4 Å². The fraction of sp³-hybridized carbons (Fsp3) is 0.273. The Morgan fingerprint density at radius 2 is 1.61 bits per heavy atom. The Labute approximate surface area is 263 Å². The topological polar surface area (TPSA) is 102 Å². The highest BCUT2D eigenvalue weighted by atomic mass is 32.2. The molecule has 1 N–H and O–H groups in total. The van der Waals surface area contributed by atoms with E-state index in [0.29, 0.717) is 51.5 Å². The van der Waals surface area contributed by atoms with E-state index in [9.17, 15) is 19.1 Å². The molecule has 1 fully saturated rings. The second kappa shape index (κ2) is 14.5. The summed E-state index contributed by atoms with van der Waals surface area (Å²) in [7, 11) is 0. The van der Waals surface area contributed by atoms with Gasteiger partial charge in [0.1, 0.15) is 23.1 Å². The van der Waals surface area contributed by atoms with Gasteiger partial charge in [-0.15, -0.1) is 10.2 Å². The van der Waals surface area contributed by atoms with Crippen LogP contribution >= 0.6 is 23.1 Å². The lowest BCUT2D eigenvalue weighted by molar-refractivity contribution is -0.132. The van der Waals surface area contributed by atoms with E-state index in [0.717, 1.165) is 30.6 Å². The molecule has 1 aliphatic rings. The lowest BCUT2D eigenvalue weighted by atomic mass is 9.95. The van der Waals surface area contributed by atoms with E-state index in [-0.39, 0.29) is 22.3 Å². The molecule has 0 spiro atoms. The summed E-state index contributed by atoms with van der Waals surface area (Å²) in [5.74, 6) is -0.677. The lowest BCUT2D eigenvalue weighted by Crippen LogP contribution is -2.29. The third-order valence-electron chi connectivity index (χ3n) is 6.92. The number of anilines is 1. The van der Waals surface area contributed by atoms with Crippen LogP contribution in [0.15, 0.2) is 82.7 Å². The van der Waals surface area contributed by atoms with Gasteiger partial charge in [-0.2, -0.15) is 0 Å². The van der Waals surface area contributed by atoms with Gasteiger partial charge < -0.3 is 14.6 Å². The fourth-order valence-electron chi connectivity index (χ4n) is 4.62. The molecule has 1 amide bonds. The summed E-state index contributed by atoms with van der Waals surface area (Å²) in [4.78, 5) is 28.4. The molecule has 1 aromatic heterocycles. The number of unbranched alkanes of at least 4 members (excludes halogenated alkanes) is 1. The lowest BCUT2D eigenvalue weighted by Gasteiger charge is -2.22. The van der Waals surface area contributed by atoms with Crippen LogP contribution in [0.4, 0.5) is 9.52 Å². The highest BCUT2D eigenvalue weighted by molar-refractivity contribution is 8.00. The van der Waals surface area contributed by atoms with E-state index in [1.807, 2.05) is 6.92 Å². The first-order chi connectivity index (χ1) is 21.4. The second-order valence-electron chi connectivity index (χ2n) is 10.0. The predicted octanol–water partition coefficient (Wildman–Crippen LogP) is 7.56. The van der Waals surface area contributed by atoms with Crippen LogP contribution in [0, 0.1) is 5.82 Å². The highest BCUT2D eigenvalue weighted by Crippen LogP contribution is 2.44. The summed E-state index contributed by atoms with van der Waals surface area (Å²) in [6, 6.07) is 19.3. The minimum absolute atomic E-state index is 0.0624. The molecule has 1 atom stereocenters. The van der Waals surface area contributed by atoms with Crippen molar-refractivity contribution in [3.8, 4) is 11.5 Å². The average molecular weight is 634 g/mol. The van der Waals surface area contributed by atoms with Gasteiger partial charge in [-0.3, -0.25) is 14.5 Å². The number of thioether (sulfide) groups is 1. The number of carbonyl (C=O) groups excluding carboxylic acids is 2. The first-order valence-corrected chi connectivity index (χ1v) is 16.2. The predicted molar refractivity (Wildman–Crippen MR) is 170 cm³/mol. The van der Waals surface area contributed by atoms with Gasteiger partial charge >= 0.3 is 5.91 Å². The Kier molecular flexibility index (Phi) is 10.3. The van der Waals surface area contributed by atoms with Gasteiger partial charge in [0.2, 0.25) is 5.13 Å². The number of ketones is 1. The van der Waals surface area contributed by atoms with E-state index in [2.05, 4.69) is 17.1 Å². The van der Waals surface area contributed by atoms with Gasteiger partial charge in [0.15, 0.2) is 4.34 Å². The number of amides is 1. The van der Waals surface area contributed by atoms with Gasteiger partial charge in [0, 0.05) is 11.3 Å². The van der Waals surface area contributed by atoms with Crippen molar-refractivity contribution in [3.05, 3.63) is 101 Å². The smallest absolute Gasteiger partial charge is 0.301 e. The minimum Gasteiger partial charge on any atom is -0.507 e. The van der Waals surface area contributed by atoms with Crippen LogP contribution in [-0.4, -0.2) is 40.2 Å². The molecule has 1 aliphatic heterocycles. The normalized spacial score (nSPS) is 16.0. The summed E-state index contributed by atoms with van der Waals surface area (Å²) in [5, 5.41) is 20.1. The summed E-state index contributed by atoms with van der Waals surface area (Å²) < 4.78 is 26.1. The van der Waals surface area contributed by atoms with Crippen LogP contribution in [-0.2, 0) is 15.3 Å². The number of nitrogens with zero attached hydrogens (tertiary/aromatic N) is 3. The molecule has 44 heavy (non-hydrogen) atoms.